The van der Waals surface area contributed by atoms with Crippen molar-refractivity contribution < 1.29 is 33.4 Å². The van der Waals surface area contributed by atoms with Crippen molar-refractivity contribution in [2.24, 2.45) is 23.7 Å². The number of hydrogen-bond acceptors (Lipinski definition) is 7. The molecular formula is C41H33ClFN3O6. The number of carbonyl (C=O) groups is 4. The number of phenolic OH excluding ortho intramolecular Hbond substituents is 1. The molecule has 6 atom stereocenters. The standard InChI is InChI=1S/C41H33ClFN3O6/c1-3-22-7-17-27(18-8-22)45-37(48)29-20-19-28-30(34(29)39(45)50)21-31-38(49)46(44-26-15-13-25(43)14-16-26)40(51)41(31,23-9-11-24(42)12-10-23)36(28)35-32(47)5-4-6-33(35)52-2/h3-19,29-31,34,36,44,47H,1,20-21H2,2H3. The summed E-state index contributed by atoms with van der Waals surface area (Å²) >= 11 is 6.36. The lowest BCUT2D eigenvalue weighted by atomic mass is 9.49. The van der Waals surface area contributed by atoms with Crippen LogP contribution in [0.1, 0.15) is 35.4 Å². The predicted molar refractivity (Wildman–Crippen MR) is 193 cm³/mol. The summed E-state index contributed by atoms with van der Waals surface area (Å²) in [5, 5.41) is 13.0. The maximum absolute atomic E-state index is 15.3. The second-order valence-electron chi connectivity index (χ2n) is 13.6. The van der Waals surface area contributed by atoms with Gasteiger partial charge < -0.3 is 9.84 Å². The van der Waals surface area contributed by atoms with E-state index in [0.29, 0.717) is 27.5 Å². The molecule has 2 aliphatic carbocycles. The highest BCUT2D eigenvalue weighted by atomic mass is 35.5. The van der Waals surface area contributed by atoms with Crippen LogP contribution < -0.4 is 15.1 Å². The number of carbonyl (C=O) groups excluding carboxylic acids is 4. The first-order chi connectivity index (χ1) is 25.1. The molecule has 3 fully saturated rings. The van der Waals surface area contributed by atoms with Gasteiger partial charge in [-0.25, -0.2) is 4.39 Å². The van der Waals surface area contributed by atoms with Crippen LogP contribution in [-0.4, -0.2) is 40.9 Å². The molecule has 262 valence electrons. The SMILES string of the molecule is C=Cc1ccc(N2C(=O)C3CC=C4C(CC5C(=O)N(Nc6ccc(F)cc6)C(=O)C5(c5ccc(Cl)cc5)C4c4c(O)cccc4OC)C3C2=O)cc1. The third-order valence-electron chi connectivity index (χ3n) is 11.2. The van der Waals surface area contributed by atoms with E-state index in [-0.39, 0.29) is 35.8 Å². The smallest absolute Gasteiger partial charge is 0.260 e. The molecule has 2 saturated heterocycles. The van der Waals surface area contributed by atoms with Crippen molar-refractivity contribution in [2.45, 2.75) is 24.2 Å². The van der Waals surface area contributed by atoms with Gasteiger partial charge in [-0.05, 0) is 90.6 Å². The molecule has 52 heavy (non-hydrogen) atoms. The summed E-state index contributed by atoms with van der Waals surface area (Å²) in [5.41, 5.74) is 4.22. The second kappa shape index (κ2) is 12.5. The number of amides is 4. The molecule has 2 heterocycles. The zero-order valence-electron chi connectivity index (χ0n) is 28.0. The lowest BCUT2D eigenvalue weighted by Gasteiger charge is -2.50. The lowest BCUT2D eigenvalue weighted by molar-refractivity contribution is -0.138. The van der Waals surface area contributed by atoms with E-state index >= 15 is 4.79 Å². The molecule has 0 radical (unpaired) electrons. The van der Waals surface area contributed by atoms with Gasteiger partial charge in [0.05, 0.1) is 41.7 Å². The summed E-state index contributed by atoms with van der Waals surface area (Å²) in [6.45, 7) is 3.78. The first kappa shape index (κ1) is 33.4. The highest BCUT2D eigenvalue weighted by Gasteiger charge is 2.71. The monoisotopic (exact) mass is 717 g/mol. The number of methoxy groups -OCH3 is 1. The van der Waals surface area contributed by atoms with Crippen LogP contribution in [0.2, 0.25) is 5.02 Å². The highest BCUT2D eigenvalue weighted by molar-refractivity contribution is 6.30. The van der Waals surface area contributed by atoms with Crippen LogP contribution in [0.5, 0.6) is 11.5 Å². The fourth-order valence-corrected chi connectivity index (χ4v) is 9.11. The summed E-state index contributed by atoms with van der Waals surface area (Å²) in [6.07, 6.45) is 3.83. The van der Waals surface area contributed by atoms with Gasteiger partial charge in [0.15, 0.2) is 0 Å². The average molecular weight is 718 g/mol. The number of nitrogens with one attached hydrogen (secondary N) is 1. The zero-order chi connectivity index (χ0) is 36.5. The molecule has 4 aliphatic rings. The fourth-order valence-electron chi connectivity index (χ4n) is 8.98. The van der Waals surface area contributed by atoms with Crippen molar-refractivity contribution in [1.29, 1.82) is 0 Å². The molecule has 8 rings (SSSR count). The van der Waals surface area contributed by atoms with Crippen LogP contribution in [-0.2, 0) is 24.6 Å². The van der Waals surface area contributed by atoms with Gasteiger partial charge in [-0.15, -0.1) is 0 Å². The molecule has 4 aromatic carbocycles. The largest absolute Gasteiger partial charge is 0.508 e. The number of halogens is 2. The molecule has 11 heteroatoms. The molecule has 4 amide bonds. The third kappa shape index (κ3) is 4.81. The quantitative estimate of drug-likeness (QED) is 0.156. The number of benzene rings is 4. The number of imide groups is 2. The number of allylic oxidation sites excluding steroid dienone is 2. The number of aromatic hydroxyl groups is 1. The van der Waals surface area contributed by atoms with Gasteiger partial charge in [0.1, 0.15) is 17.3 Å². The van der Waals surface area contributed by atoms with E-state index in [1.54, 1.807) is 66.7 Å². The Kier molecular flexibility index (Phi) is 8.02. The number of hydrogen-bond donors (Lipinski definition) is 2. The van der Waals surface area contributed by atoms with Crippen LogP contribution in [0.4, 0.5) is 15.8 Å². The molecule has 6 unspecified atom stereocenters. The van der Waals surface area contributed by atoms with E-state index < -0.39 is 58.5 Å². The van der Waals surface area contributed by atoms with Crippen molar-refractivity contribution >= 4 is 52.7 Å². The van der Waals surface area contributed by atoms with E-state index in [9.17, 15) is 23.9 Å². The number of rotatable bonds is 7. The molecule has 9 nitrogen and oxygen atoms in total. The highest BCUT2D eigenvalue weighted by Crippen LogP contribution is 2.66. The lowest BCUT2D eigenvalue weighted by Crippen LogP contribution is -2.53. The minimum atomic E-state index is -1.66. The topological polar surface area (TPSA) is 116 Å². The summed E-state index contributed by atoms with van der Waals surface area (Å²) < 4.78 is 19.7. The van der Waals surface area contributed by atoms with E-state index in [4.69, 9.17) is 16.3 Å². The van der Waals surface area contributed by atoms with Crippen molar-refractivity contribution in [3.8, 4) is 11.5 Å². The van der Waals surface area contributed by atoms with Crippen molar-refractivity contribution in [1.82, 2.24) is 5.01 Å². The number of ether oxygens (including phenoxy) is 1. The van der Waals surface area contributed by atoms with Crippen molar-refractivity contribution in [3.05, 3.63) is 137 Å². The van der Waals surface area contributed by atoms with Gasteiger partial charge in [0, 0.05) is 16.5 Å². The first-order valence-corrected chi connectivity index (χ1v) is 17.3. The molecule has 0 aromatic heterocycles. The van der Waals surface area contributed by atoms with Crippen LogP contribution >= 0.6 is 11.6 Å². The molecule has 2 N–H and O–H groups in total. The fraction of sp³-hybridized carbons (Fsp3) is 0.220. The Balaban J connectivity index is 1.34. The molecule has 0 spiro atoms. The first-order valence-electron chi connectivity index (χ1n) is 16.9. The van der Waals surface area contributed by atoms with Crippen LogP contribution in [0, 0.1) is 29.5 Å². The predicted octanol–water partition coefficient (Wildman–Crippen LogP) is 7.03. The molecule has 4 aromatic rings. The number of hydrazine groups is 1. The zero-order valence-corrected chi connectivity index (χ0v) is 28.7. The van der Waals surface area contributed by atoms with Crippen molar-refractivity contribution in [3.63, 3.8) is 0 Å². The third-order valence-corrected chi connectivity index (χ3v) is 11.4. The minimum absolute atomic E-state index is 0.0521. The molecule has 0 bridgehead atoms. The number of nitrogens with zero attached hydrogens (tertiary/aromatic N) is 2. The van der Waals surface area contributed by atoms with Gasteiger partial charge >= 0.3 is 0 Å². The van der Waals surface area contributed by atoms with Crippen LogP contribution in [0.15, 0.2) is 109 Å². The number of fused-ring (bicyclic) bond motifs is 4. The van der Waals surface area contributed by atoms with E-state index in [1.807, 2.05) is 6.08 Å². The van der Waals surface area contributed by atoms with E-state index in [2.05, 4.69) is 12.0 Å². The Morgan fingerprint density at radius 1 is 0.923 bits per heavy atom. The van der Waals surface area contributed by atoms with E-state index in [1.165, 1.54) is 42.3 Å². The number of anilines is 2. The van der Waals surface area contributed by atoms with Gasteiger partial charge in [-0.2, -0.15) is 5.01 Å². The van der Waals surface area contributed by atoms with Gasteiger partial charge in [-0.1, -0.05) is 66.2 Å². The average Bonchev–Trinajstić information content (AvgIpc) is 3.53. The maximum atomic E-state index is 15.3. The molecule has 1 saturated carbocycles. The Morgan fingerprint density at radius 2 is 1.63 bits per heavy atom. The van der Waals surface area contributed by atoms with Gasteiger partial charge in [0.25, 0.3) is 11.8 Å². The van der Waals surface area contributed by atoms with Crippen LogP contribution in [0.25, 0.3) is 6.08 Å². The Labute approximate surface area is 303 Å². The van der Waals surface area contributed by atoms with Crippen LogP contribution in [0.3, 0.4) is 0 Å². The van der Waals surface area contributed by atoms with E-state index in [0.717, 1.165) is 10.6 Å². The molecule has 2 aliphatic heterocycles. The number of phenols is 1. The summed E-state index contributed by atoms with van der Waals surface area (Å²) in [7, 11) is 1.45. The van der Waals surface area contributed by atoms with Crippen molar-refractivity contribution in [2.75, 3.05) is 17.4 Å². The molecular weight excluding hydrogens is 685 g/mol. The Morgan fingerprint density at radius 3 is 2.31 bits per heavy atom. The Bertz CT molecular complexity index is 2190. The minimum Gasteiger partial charge on any atom is -0.508 e. The normalized spacial score (nSPS) is 26.4. The summed E-state index contributed by atoms with van der Waals surface area (Å²) in [4.78, 5) is 59.9. The summed E-state index contributed by atoms with van der Waals surface area (Å²) in [5.74, 6) is -6.57. The summed E-state index contributed by atoms with van der Waals surface area (Å²) in [6, 6.07) is 23.7. The maximum Gasteiger partial charge on any atom is 0.260 e. The van der Waals surface area contributed by atoms with Gasteiger partial charge in [-0.3, -0.25) is 29.5 Å². The second-order valence-corrected chi connectivity index (χ2v) is 14.0. The Hall–Kier alpha value is -5.74. The van der Waals surface area contributed by atoms with Gasteiger partial charge in [0.2, 0.25) is 11.8 Å².